The number of halogens is 4. The Balaban J connectivity index is 2.30. The largest absolute Gasteiger partial charge is 0.310 e. The van der Waals surface area contributed by atoms with Gasteiger partial charge in [0.25, 0.3) is 0 Å². The summed E-state index contributed by atoms with van der Waals surface area (Å²) in [5.41, 5.74) is 1.33. The van der Waals surface area contributed by atoms with Gasteiger partial charge < -0.3 is 5.32 Å². The van der Waals surface area contributed by atoms with Crippen LogP contribution in [0.4, 0.5) is 8.78 Å². The van der Waals surface area contributed by atoms with E-state index in [-0.39, 0.29) is 10.5 Å². The molecule has 0 aliphatic rings. The summed E-state index contributed by atoms with van der Waals surface area (Å²) in [4.78, 5) is 0. The molecule has 0 radical (unpaired) electrons. The molecule has 0 amide bonds. The van der Waals surface area contributed by atoms with Crippen LogP contribution in [0.3, 0.4) is 0 Å². The zero-order valence-electron chi connectivity index (χ0n) is 11.5. The fraction of sp³-hybridized carbons (Fsp3) is 0.250. The molecule has 2 rings (SSSR count). The topological polar surface area (TPSA) is 12.0 Å². The highest BCUT2D eigenvalue weighted by Crippen LogP contribution is 2.27. The van der Waals surface area contributed by atoms with Crippen molar-refractivity contribution in [3.63, 3.8) is 0 Å². The minimum atomic E-state index is -0.467. The molecule has 1 N–H and O–H groups in total. The molecule has 0 saturated heterocycles. The van der Waals surface area contributed by atoms with Crippen molar-refractivity contribution in [2.24, 2.45) is 0 Å². The van der Waals surface area contributed by atoms with E-state index in [1.807, 2.05) is 19.1 Å². The molecule has 21 heavy (non-hydrogen) atoms. The van der Waals surface area contributed by atoms with Gasteiger partial charge in [-0.1, -0.05) is 30.7 Å². The van der Waals surface area contributed by atoms with Crippen LogP contribution < -0.4 is 5.32 Å². The Labute approximate surface area is 136 Å². The highest BCUT2D eigenvalue weighted by atomic mass is 79.9. The summed E-state index contributed by atoms with van der Waals surface area (Å²) in [6, 6.07) is 9.47. The van der Waals surface area contributed by atoms with Gasteiger partial charge in [0.05, 0.1) is 4.47 Å². The molecule has 1 atom stereocenters. The smallest absolute Gasteiger partial charge is 0.137 e. The van der Waals surface area contributed by atoms with Crippen molar-refractivity contribution >= 4 is 27.5 Å². The third-order valence-corrected chi connectivity index (χ3v) is 4.08. The number of hydrogen-bond acceptors (Lipinski definition) is 1. The summed E-state index contributed by atoms with van der Waals surface area (Å²) in [5.74, 6) is -0.895. The molecule has 0 bridgehead atoms. The molecule has 2 aromatic carbocycles. The first-order chi connectivity index (χ1) is 10.0. The SMILES string of the molecule is CCNC(Cc1ccc(Cl)cc1)c1cc(F)c(Br)cc1F. The van der Waals surface area contributed by atoms with Gasteiger partial charge >= 0.3 is 0 Å². The predicted molar refractivity (Wildman–Crippen MR) is 85.6 cm³/mol. The number of hydrogen-bond donors (Lipinski definition) is 1. The van der Waals surface area contributed by atoms with Crippen LogP contribution >= 0.6 is 27.5 Å². The van der Waals surface area contributed by atoms with Gasteiger partial charge in [0.1, 0.15) is 11.6 Å². The second-order valence-electron chi connectivity index (χ2n) is 4.73. The van der Waals surface area contributed by atoms with E-state index in [4.69, 9.17) is 11.6 Å². The van der Waals surface area contributed by atoms with Crippen molar-refractivity contribution in [1.29, 1.82) is 0 Å². The zero-order valence-corrected chi connectivity index (χ0v) is 13.8. The summed E-state index contributed by atoms with van der Waals surface area (Å²) in [6.07, 6.45) is 0.559. The van der Waals surface area contributed by atoms with E-state index < -0.39 is 11.6 Å². The lowest BCUT2D eigenvalue weighted by Gasteiger charge is -2.19. The average molecular weight is 375 g/mol. The Morgan fingerprint density at radius 3 is 2.43 bits per heavy atom. The Morgan fingerprint density at radius 1 is 1.14 bits per heavy atom. The monoisotopic (exact) mass is 373 g/mol. The van der Waals surface area contributed by atoms with Crippen LogP contribution in [0.5, 0.6) is 0 Å². The van der Waals surface area contributed by atoms with Crippen molar-refractivity contribution in [2.45, 2.75) is 19.4 Å². The molecule has 0 fully saturated rings. The third-order valence-electron chi connectivity index (χ3n) is 3.22. The standard InChI is InChI=1S/C16H15BrClF2N/c1-2-21-16(7-10-3-5-11(18)6-4-10)12-8-15(20)13(17)9-14(12)19/h3-6,8-9,16,21H,2,7H2,1H3. The Bertz CT molecular complexity index is 616. The maximum absolute atomic E-state index is 14.1. The van der Waals surface area contributed by atoms with E-state index >= 15 is 0 Å². The van der Waals surface area contributed by atoms with Crippen LogP contribution in [-0.2, 0) is 6.42 Å². The fourth-order valence-electron chi connectivity index (χ4n) is 2.20. The van der Waals surface area contributed by atoms with Crippen LogP contribution in [0.2, 0.25) is 5.02 Å². The molecule has 1 nitrogen and oxygen atoms in total. The number of rotatable bonds is 5. The molecule has 5 heteroatoms. The van der Waals surface area contributed by atoms with Crippen LogP contribution in [0, 0.1) is 11.6 Å². The first-order valence-corrected chi connectivity index (χ1v) is 7.80. The maximum atomic E-state index is 14.1. The lowest BCUT2D eigenvalue weighted by Crippen LogP contribution is -2.24. The summed E-state index contributed by atoms with van der Waals surface area (Å²) in [7, 11) is 0. The first kappa shape index (κ1) is 16.4. The van der Waals surface area contributed by atoms with Crippen molar-refractivity contribution in [2.75, 3.05) is 6.54 Å². The van der Waals surface area contributed by atoms with E-state index in [9.17, 15) is 8.78 Å². The predicted octanol–water partition coefficient (Wildman–Crippen LogP) is 5.27. The van der Waals surface area contributed by atoms with Crippen molar-refractivity contribution in [1.82, 2.24) is 5.32 Å². The first-order valence-electron chi connectivity index (χ1n) is 6.63. The van der Waals surface area contributed by atoms with Gasteiger partial charge in [-0.25, -0.2) is 8.78 Å². The molecule has 0 aliphatic heterocycles. The molecule has 0 spiro atoms. The molecular weight excluding hydrogens is 360 g/mol. The minimum Gasteiger partial charge on any atom is -0.310 e. The number of nitrogens with one attached hydrogen (secondary N) is 1. The average Bonchev–Trinajstić information content (AvgIpc) is 2.45. The molecule has 1 unspecified atom stereocenters. The molecule has 112 valence electrons. The summed E-state index contributed by atoms with van der Waals surface area (Å²) >= 11 is 8.85. The van der Waals surface area contributed by atoms with Crippen molar-refractivity contribution in [3.8, 4) is 0 Å². The van der Waals surface area contributed by atoms with E-state index in [2.05, 4.69) is 21.2 Å². The minimum absolute atomic E-state index is 0.130. The van der Waals surface area contributed by atoms with Gasteiger partial charge in [0.15, 0.2) is 0 Å². The van der Waals surface area contributed by atoms with Crippen LogP contribution in [0.1, 0.15) is 24.1 Å². The van der Waals surface area contributed by atoms with Gasteiger partial charge in [0.2, 0.25) is 0 Å². The Kier molecular flexibility index (Phi) is 5.73. The number of benzene rings is 2. The van der Waals surface area contributed by atoms with Gasteiger partial charge in [-0.3, -0.25) is 0 Å². The zero-order chi connectivity index (χ0) is 15.4. The Hall–Kier alpha value is -0.970. The fourth-order valence-corrected chi connectivity index (χ4v) is 2.64. The lowest BCUT2D eigenvalue weighted by molar-refractivity contribution is 0.501. The van der Waals surface area contributed by atoms with E-state index in [0.717, 1.165) is 11.6 Å². The van der Waals surface area contributed by atoms with E-state index in [1.165, 1.54) is 6.07 Å². The highest BCUT2D eigenvalue weighted by molar-refractivity contribution is 9.10. The maximum Gasteiger partial charge on any atom is 0.137 e. The lowest BCUT2D eigenvalue weighted by atomic mass is 9.98. The third kappa shape index (κ3) is 4.25. The van der Waals surface area contributed by atoms with Gasteiger partial charge in [-0.05, 0) is 58.7 Å². The van der Waals surface area contributed by atoms with Gasteiger partial charge in [-0.2, -0.15) is 0 Å². The second kappa shape index (κ2) is 7.34. The van der Waals surface area contributed by atoms with Crippen LogP contribution in [-0.4, -0.2) is 6.54 Å². The van der Waals surface area contributed by atoms with Gasteiger partial charge in [0, 0.05) is 16.6 Å². The molecule has 0 aliphatic carbocycles. The molecule has 0 aromatic heterocycles. The van der Waals surface area contributed by atoms with E-state index in [1.54, 1.807) is 12.1 Å². The summed E-state index contributed by atoms with van der Waals surface area (Å²) in [5, 5.41) is 3.85. The molecule has 0 saturated carbocycles. The van der Waals surface area contributed by atoms with Crippen molar-refractivity contribution in [3.05, 3.63) is 68.7 Å². The Morgan fingerprint density at radius 2 is 1.81 bits per heavy atom. The van der Waals surface area contributed by atoms with Gasteiger partial charge in [-0.15, -0.1) is 0 Å². The van der Waals surface area contributed by atoms with Crippen LogP contribution in [0.25, 0.3) is 0 Å². The number of likely N-dealkylation sites (N-methyl/N-ethyl adjacent to an activating group) is 1. The van der Waals surface area contributed by atoms with E-state index in [0.29, 0.717) is 23.6 Å². The molecule has 2 aromatic rings. The quantitative estimate of drug-likeness (QED) is 0.703. The highest BCUT2D eigenvalue weighted by Gasteiger charge is 2.18. The summed E-state index contributed by atoms with van der Waals surface area (Å²) in [6.45, 7) is 2.59. The van der Waals surface area contributed by atoms with Crippen molar-refractivity contribution < 1.29 is 8.78 Å². The molecule has 0 heterocycles. The van der Waals surface area contributed by atoms with Crippen LogP contribution in [0.15, 0.2) is 40.9 Å². The normalized spacial score (nSPS) is 12.4. The second-order valence-corrected chi connectivity index (χ2v) is 6.02. The molecular formula is C16H15BrClF2N. The summed E-state index contributed by atoms with van der Waals surface area (Å²) < 4.78 is 27.9.